The minimum atomic E-state index is -4.77. The number of pyridine rings is 4. The molecule has 0 saturated heterocycles. The maximum atomic E-state index is 14.8. The van der Waals surface area contributed by atoms with Crippen LogP contribution in [0.25, 0.3) is 44.5 Å². The lowest BCUT2D eigenvalue weighted by Crippen LogP contribution is -2.40. The van der Waals surface area contributed by atoms with Gasteiger partial charge in [0.2, 0.25) is 11.9 Å². The Morgan fingerprint density at radius 2 is 0.611 bits per heavy atom. The van der Waals surface area contributed by atoms with Gasteiger partial charge < -0.3 is 40.1 Å². The standard InChI is InChI=1S/C29H23ClF4N4.C29H20ClF4N3O.C28H21ClF4N4.C27H18ClF4N3O/c1-17-10-18(2)26-24(11-17)36-27(37-26)38-28(15-19-6-4-3-5-7-19,25-9-8-22(30)16-35-25)20-12-21(29(32,33)34)14-23(31)13-20;30-23-11-12-26(35-17-23)28(16-19-7-3-1-4-8-19,21-13-22(29(32,33)34)15-24(31)14-21)37-27-36-18-25(38-27)20-9-5-2-6-10-20;1-17-7-9-23-24(11-17)36-26(35-23)37-27(15-18-5-3-2-4-6-18,25-10-8-21(29)16-34-25)19-12-20(28(31,32)33)14-22(30)13-19;28-20-10-11-24(33-16-20)26(15-17-6-2-1-3-7-17,18-12-19(27(30,31)32)14-21(29)13-18)35-25-34-22-8-4-5-9-23(22)36-25/h3-14,16H,15H2,1-2H3,(H2,36,37,38);1-15,17-18H,16H2,(H,36,37);2-14,16H,15H2,1H3,(H2,35,36,37);1-14,16H,15H2,(H,34,35)/t28-;;;/m1.../s1. The summed E-state index contributed by atoms with van der Waals surface area (Å²) in [7, 11) is 0. The van der Waals surface area contributed by atoms with Gasteiger partial charge in [0.1, 0.15) is 50.9 Å². The number of anilines is 4. The number of benzene rings is 12. The summed E-state index contributed by atoms with van der Waals surface area (Å²) in [5, 5.41) is 14.4. The molecule has 0 amide bonds. The average Bonchev–Trinajstić information content (AvgIpc) is 1.75. The third-order valence-corrected chi connectivity index (χ3v) is 25.4. The number of fused-ring (bicyclic) bond motifs is 3. The number of nitrogens with one attached hydrogen (secondary N) is 6. The zero-order valence-electron chi connectivity index (χ0n) is 78.3. The highest BCUT2D eigenvalue weighted by Gasteiger charge is 2.47. The number of nitrogens with zero attached hydrogens (tertiary/aromatic N) is 8. The molecular formula is C113H82Cl4F16N14O2. The number of hydrogen-bond acceptors (Lipinski definition) is 14. The van der Waals surface area contributed by atoms with E-state index in [4.69, 9.17) is 60.2 Å². The van der Waals surface area contributed by atoms with E-state index in [2.05, 4.69) is 66.1 Å². The second kappa shape index (κ2) is 43.6. The second-order valence-electron chi connectivity index (χ2n) is 35.2. The summed E-state index contributed by atoms with van der Waals surface area (Å²) >= 11 is 24.4. The van der Waals surface area contributed by atoms with Gasteiger partial charge in [-0.25, -0.2) is 32.5 Å². The van der Waals surface area contributed by atoms with Gasteiger partial charge in [0.25, 0.3) is 12.0 Å². The van der Waals surface area contributed by atoms with Crippen molar-refractivity contribution in [3.8, 4) is 11.3 Å². The highest BCUT2D eigenvalue weighted by molar-refractivity contribution is 6.31. The molecule has 0 aliphatic heterocycles. The Balaban J connectivity index is 0.000000135. The number of halogens is 20. The normalized spacial score (nSPS) is 13.4. The van der Waals surface area contributed by atoms with Crippen LogP contribution in [0.5, 0.6) is 0 Å². The van der Waals surface area contributed by atoms with Crippen LogP contribution in [0.1, 0.15) is 106 Å². The van der Waals surface area contributed by atoms with Crippen LogP contribution in [-0.2, 0) is 72.5 Å². The van der Waals surface area contributed by atoms with Crippen molar-refractivity contribution in [2.24, 2.45) is 0 Å². The molecule has 20 rings (SSSR count). The molecule has 0 spiro atoms. The lowest BCUT2D eigenvalue weighted by molar-refractivity contribution is -0.138. The lowest BCUT2D eigenvalue weighted by Gasteiger charge is -2.36. The SMILES string of the molecule is Cc1cc(C)c2nc(N[C@](Cc3ccccc3)(c3cc(F)cc(C(F)(F)F)c3)c3ccc(Cl)cn3)[nH]c2c1.Cc1ccc2nc(NC(Cc3ccccc3)(c3cc(F)cc(C(F)(F)F)c3)c3ccc(Cl)cn3)[nH]c2c1.Fc1cc(C(F)(F)F)cc(C(Cc2ccccc2)(Nc2nc3ccccc3o2)c2ccc(Cl)cn2)c1.Fc1cc(C(F)(F)F)cc(C(Cc2ccccc2)(Nc2ncc(-c3ccccc3)o2)c2ccc(Cl)cn2)c1. The quantitative estimate of drug-likeness (QED) is 0.0294. The maximum Gasteiger partial charge on any atom is 0.416 e. The maximum absolute atomic E-state index is 14.8. The Morgan fingerprint density at radius 1 is 0.282 bits per heavy atom. The number of rotatable bonds is 25. The van der Waals surface area contributed by atoms with Gasteiger partial charge in [0.15, 0.2) is 11.3 Å². The van der Waals surface area contributed by atoms with Crippen LogP contribution in [0.15, 0.2) is 367 Å². The molecule has 0 saturated carbocycles. The molecule has 0 bridgehead atoms. The fraction of sp³-hybridized carbons (Fsp3) is 0.133. The fourth-order valence-electron chi connectivity index (χ4n) is 17.7. The van der Waals surface area contributed by atoms with Crippen LogP contribution in [0.2, 0.25) is 20.1 Å². The first kappa shape index (κ1) is 104. The number of alkyl halides is 12. The molecule has 149 heavy (non-hydrogen) atoms. The molecule has 0 aliphatic rings. The van der Waals surface area contributed by atoms with Crippen molar-refractivity contribution < 1.29 is 79.1 Å². The molecule has 0 fully saturated rings. The Kier molecular flexibility index (Phi) is 30.6. The lowest BCUT2D eigenvalue weighted by atomic mass is 9.80. The third-order valence-electron chi connectivity index (χ3n) is 24.5. The van der Waals surface area contributed by atoms with Gasteiger partial charge in [-0.1, -0.05) is 222 Å². The molecular weight excluding hydrogens is 2030 g/mol. The van der Waals surface area contributed by atoms with Crippen LogP contribution in [0.3, 0.4) is 0 Å². The average molecular weight is 2110 g/mol. The van der Waals surface area contributed by atoms with Crippen LogP contribution in [-0.4, -0.2) is 49.8 Å². The van der Waals surface area contributed by atoms with E-state index in [0.29, 0.717) is 107 Å². The first-order chi connectivity index (χ1) is 71.1. The second-order valence-corrected chi connectivity index (χ2v) is 36.9. The van der Waals surface area contributed by atoms with Crippen molar-refractivity contribution in [1.29, 1.82) is 0 Å². The van der Waals surface area contributed by atoms with E-state index < -0.39 is 92.4 Å². The van der Waals surface area contributed by atoms with Crippen LogP contribution >= 0.6 is 46.4 Å². The number of aromatic nitrogens is 10. The molecule has 16 nitrogen and oxygen atoms in total. The molecule has 6 N–H and O–H groups in total. The minimum Gasteiger partial charge on any atom is -0.424 e. The highest BCUT2D eigenvalue weighted by Crippen LogP contribution is 2.48. The van der Waals surface area contributed by atoms with E-state index >= 15 is 0 Å². The molecule has 20 aromatic rings. The summed E-state index contributed by atoms with van der Waals surface area (Å²) < 4.78 is 236. The van der Waals surface area contributed by atoms with Crippen LogP contribution in [0.4, 0.5) is 94.2 Å². The summed E-state index contributed by atoms with van der Waals surface area (Å²) in [5.74, 6) is -3.06. The fourth-order valence-corrected chi connectivity index (χ4v) is 18.1. The summed E-state index contributed by atoms with van der Waals surface area (Å²) in [6, 6.07) is 85.1. The highest BCUT2D eigenvalue weighted by atomic mass is 35.5. The van der Waals surface area contributed by atoms with Crippen molar-refractivity contribution in [1.82, 2.24) is 49.8 Å². The zero-order valence-corrected chi connectivity index (χ0v) is 81.4. The van der Waals surface area contributed by atoms with E-state index in [-0.39, 0.29) is 60.0 Å². The Hall–Kier alpha value is -15.9. The molecule has 8 heterocycles. The number of hydrogen-bond donors (Lipinski definition) is 6. The van der Waals surface area contributed by atoms with Crippen LogP contribution < -0.4 is 21.3 Å². The van der Waals surface area contributed by atoms with Crippen molar-refractivity contribution in [3.63, 3.8) is 0 Å². The summed E-state index contributed by atoms with van der Waals surface area (Å²) in [6.45, 7) is 5.83. The first-order valence-electron chi connectivity index (χ1n) is 45.7. The predicted molar refractivity (Wildman–Crippen MR) is 543 cm³/mol. The van der Waals surface area contributed by atoms with E-state index in [1.54, 1.807) is 84.9 Å². The largest absolute Gasteiger partial charge is 0.424 e. The molecule has 36 heteroatoms. The van der Waals surface area contributed by atoms with E-state index in [9.17, 15) is 70.2 Å². The first-order valence-corrected chi connectivity index (χ1v) is 47.2. The van der Waals surface area contributed by atoms with E-state index in [1.807, 2.05) is 191 Å². The summed E-state index contributed by atoms with van der Waals surface area (Å²) in [6.07, 6.45) is -11.5. The molecule has 4 atom stereocenters. The van der Waals surface area contributed by atoms with Crippen molar-refractivity contribution in [3.05, 3.63) is 508 Å². The van der Waals surface area contributed by atoms with Crippen molar-refractivity contribution in [2.45, 2.75) is 93.3 Å². The molecule has 0 radical (unpaired) electrons. The van der Waals surface area contributed by atoms with Crippen molar-refractivity contribution >= 4 is 103 Å². The van der Waals surface area contributed by atoms with Gasteiger partial charge in [-0.05, 0) is 234 Å². The topological polar surface area (TPSA) is 209 Å². The Bertz CT molecular complexity index is 8030. The monoisotopic (exact) mass is 2110 g/mol. The van der Waals surface area contributed by atoms with Gasteiger partial charge in [-0.3, -0.25) is 19.9 Å². The Morgan fingerprint density at radius 3 is 0.973 bits per heavy atom. The molecule has 756 valence electrons. The molecule has 12 aromatic carbocycles. The Labute approximate surface area is 861 Å². The van der Waals surface area contributed by atoms with Gasteiger partial charge in [-0.2, -0.15) is 57.7 Å². The van der Waals surface area contributed by atoms with Gasteiger partial charge in [0, 0.05) is 56.0 Å². The number of H-pyrrole nitrogens is 2. The number of para-hydroxylation sites is 2. The molecule has 0 aliphatic carbocycles. The summed E-state index contributed by atoms with van der Waals surface area (Å²) in [4.78, 5) is 42.4. The zero-order chi connectivity index (χ0) is 105. The van der Waals surface area contributed by atoms with E-state index in [0.717, 1.165) is 104 Å². The number of oxazole rings is 2. The van der Waals surface area contributed by atoms with E-state index in [1.165, 1.54) is 31.0 Å². The molecule has 8 aromatic heterocycles. The van der Waals surface area contributed by atoms with Gasteiger partial charge >= 0.3 is 24.7 Å². The minimum absolute atomic E-state index is 0.00393. The smallest absolute Gasteiger partial charge is 0.416 e. The van der Waals surface area contributed by atoms with Crippen LogP contribution in [0, 0.1) is 44.0 Å². The number of aromatic amines is 2. The van der Waals surface area contributed by atoms with Crippen molar-refractivity contribution in [2.75, 3.05) is 21.3 Å². The number of aryl methyl sites for hydroxylation is 3. The number of imidazole rings is 2. The third kappa shape index (κ3) is 24.7. The van der Waals surface area contributed by atoms with Gasteiger partial charge in [0.05, 0.1) is 93.4 Å². The predicted octanol–water partition coefficient (Wildman–Crippen LogP) is 31.4. The summed E-state index contributed by atoms with van der Waals surface area (Å²) in [5.41, 5.74) is 1.72. The molecule has 3 unspecified atom stereocenters. The van der Waals surface area contributed by atoms with Gasteiger partial charge in [-0.15, -0.1) is 0 Å².